The van der Waals surface area contributed by atoms with Crippen LogP contribution in [0.1, 0.15) is 34.8 Å². The van der Waals surface area contributed by atoms with E-state index < -0.39 is 17.9 Å². The van der Waals surface area contributed by atoms with Gasteiger partial charge in [0.2, 0.25) is 0 Å². The van der Waals surface area contributed by atoms with Crippen LogP contribution in [0.15, 0.2) is 53.4 Å². The molecule has 33 heavy (non-hydrogen) atoms. The fraction of sp³-hybridized carbons (Fsp3) is 0.174. The summed E-state index contributed by atoms with van der Waals surface area (Å²) in [5.41, 5.74) is 2.10. The maximum Gasteiger partial charge on any atom is 0.424 e. The van der Waals surface area contributed by atoms with E-state index >= 15 is 0 Å². The Hall–Kier alpha value is -3.44. The number of hydrogen-bond donors (Lipinski definition) is 3. The Kier molecular flexibility index (Phi) is 7.34. The van der Waals surface area contributed by atoms with Gasteiger partial charge in [-0.2, -0.15) is 8.42 Å². The molecule has 0 saturated carbocycles. The second-order valence-corrected chi connectivity index (χ2v) is 9.24. The SMILES string of the molecule is C#Cc1ccc(C(=O)CCNc2cccc3c(S(=O)(=O)O)cccc23)c(CC)c1NP(=O)=O. The van der Waals surface area contributed by atoms with Crippen LogP contribution in [0.25, 0.3) is 10.8 Å². The van der Waals surface area contributed by atoms with Crippen molar-refractivity contribution in [3.8, 4) is 12.3 Å². The molecule has 3 N–H and O–H groups in total. The number of rotatable bonds is 9. The van der Waals surface area contributed by atoms with Crippen molar-refractivity contribution in [2.45, 2.75) is 24.7 Å². The summed E-state index contributed by atoms with van der Waals surface area (Å²) in [6, 6.07) is 12.7. The third-order valence-corrected chi connectivity index (χ3v) is 6.47. The number of fused-ring (bicyclic) bond motifs is 1. The fourth-order valence-corrected chi connectivity index (χ4v) is 4.87. The number of hydrogen-bond acceptors (Lipinski definition) is 6. The molecule has 0 saturated heterocycles. The Labute approximate surface area is 192 Å². The van der Waals surface area contributed by atoms with E-state index in [1.165, 1.54) is 18.2 Å². The molecule has 0 aliphatic heterocycles. The summed E-state index contributed by atoms with van der Waals surface area (Å²) in [4.78, 5) is 12.7. The van der Waals surface area contributed by atoms with Crippen molar-refractivity contribution in [3.63, 3.8) is 0 Å². The first kappa shape index (κ1) is 24.2. The van der Waals surface area contributed by atoms with Gasteiger partial charge in [0.15, 0.2) is 5.78 Å². The van der Waals surface area contributed by atoms with Crippen LogP contribution in [-0.4, -0.2) is 25.3 Å². The van der Waals surface area contributed by atoms with Crippen LogP contribution in [0.3, 0.4) is 0 Å². The fourth-order valence-electron chi connectivity index (χ4n) is 3.72. The molecule has 10 heteroatoms. The molecule has 0 amide bonds. The third-order valence-electron chi connectivity index (χ3n) is 5.15. The molecule has 0 aliphatic carbocycles. The molecule has 0 radical (unpaired) electrons. The molecule has 0 aliphatic rings. The number of terminal acetylenes is 1. The zero-order valence-electron chi connectivity index (χ0n) is 17.7. The highest BCUT2D eigenvalue weighted by molar-refractivity contribution is 7.86. The summed E-state index contributed by atoms with van der Waals surface area (Å²) in [6.07, 6.45) is 5.97. The van der Waals surface area contributed by atoms with Crippen molar-refractivity contribution in [3.05, 3.63) is 65.2 Å². The van der Waals surface area contributed by atoms with Crippen molar-refractivity contribution in [2.75, 3.05) is 16.9 Å². The highest BCUT2D eigenvalue weighted by Crippen LogP contribution is 2.30. The zero-order valence-corrected chi connectivity index (χ0v) is 19.4. The van der Waals surface area contributed by atoms with E-state index in [-0.39, 0.29) is 29.3 Å². The predicted molar refractivity (Wildman–Crippen MR) is 127 cm³/mol. The van der Waals surface area contributed by atoms with Gasteiger partial charge in [0, 0.05) is 40.6 Å². The lowest BCUT2D eigenvalue weighted by atomic mass is 9.95. The summed E-state index contributed by atoms with van der Waals surface area (Å²) in [5, 5.41) is 6.40. The van der Waals surface area contributed by atoms with Crippen LogP contribution < -0.4 is 10.4 Å². The molecule has 0 spiro atoms. The molecule has 0 bridgehead atoms. The largest absolute Gasteiger partial charge is 0.424 e. The standard InChI is InChI=1S/C23H21N2O6PS/c1-3-15-11-12-18(16(4-2)23(15)25-32(27)28)21(26)13-14-24-20-9-5-8-19-17(20)7-6-10-22(19)33(29,30)31/h1,5-12,24H,4,13-14H2,2H3,(H,25,27,28)(H,29,30,31). The summed E-state index contributed by atoms with van der Waals surface area (Å²) in [5.74, 6) is 2.22. The van der Waals surface area contributed by atoms with Crippen LogP contribution in [0.4, 0.5) is 11.4 Å². The van der Waals surface area contributed by atoms with E-state index in [0.717, 1.165) is 0 Å². The maximum atomic E-state index is 12.9. The van der Waals surface area contributed by atoms with Gasteiger partial charge in [-0.05, 0) is 36.2 Å². The molecular formula is C23H21N2O6PS. The second kappa shape index (κ2) is 10.0. The minimum atomic E-state index is -4.39. The zero-order chi connectivity index (χ0) is 24.2. The van der Waals surface area contributed by atoms with Gasteiger partial charge in [0.05, 0.1) is 5.69 Å². The third kappa shape index (κ3) is 5.32. The molecule has 0 heterocycles. The lowest BCUT2D eigenvalue weighted by Crippen LogP contribution is -2.12. The Morgan fingerprint density at radius 1 is 1.09 bits per heavy atom. The number of benzene rings is 3. The topological polar surface area (TPSA) is 130 Å². The normalized spacial score (nSPS) is 11.1. The average Bonchev–Trinajstić information content (AvgIpc) is 2.77. The summed E-state index contributed by atoms with van der Waals surface area (Å²) >= 11 is 0. The van der Waals surface area contributed by atoms with Crippen LogP contribution in [0.2, 0.25) is 0 Å². The summed E-state index contributed by atoms with van der Waals surface area (Å²) in [6.45, 7) is 2.04. The van der Waals surface area contributed by atoms with Crippen LogP contribution in [-0.2, 0) is 25.7 Å². The van der Waals surface area contributed by atoms with Crippen molar-refractivity contribution < 1.29 is 26.9 Å². The molecule has 3 aromatic carbocycles. The lowest BCUT2D eigenvalue weighted by Gasteiger charge is -2.15. The monoisotopic (exact) mass is 484 g/mol. The van der Waals surface area contributed by atoms with Gasteiger partial charge >= 0.3 is 7.83 Å². The maximum absolute atomic E-state index is 12.9. The van der Waals surface area contributed by atoms with Crippen molar-refractivity contribution in [1.82, 2.24) is 0 Å². The van der Waals surface area contributed by atoms with E-state index in [1.807, 2.05) is 0 Å². The Balaban J connectivity index is 1.85. The van der Waals surface area contributed by atoms with E-state index in [0.29, 0.717) is 39.6 Å². The molecule has 0 unspecified atom stereocenters. The molecule has 170 valence electrons. The van der Waals surface area contributed by atoms with Crippen LogP contribution in [0.5, 0.6) is 0 Å². The number of carbonyl (C=O) groups is 1. The van der Waals surface area contributed by atoms with Crippen molar-refractivity contribution >= 4 is 45.9 Å². The summed E-state index contributed by atoms with van der Waals surface area (Å²) in [7, 11) is -7.34. The highest BCUT2D eigenvalue weighted by Gasteiger charge is 2.18. The van der Waals surface area contributed by atoms with Gasteiger partial charge in [-0.1, -0.05) is 37.1 Å². The van der Waals surface area contributed by atoms with Gasteiger partial charge < -0.3 is 5.32 Å². The number of Topliss-reactive ketones (excluding diaryl/α,β-unsaturated/α-hetero) is 1. The average molecular weight is 484 g/mol. The molecule has 3 rings (SSSR count). The number of anilines is 2. The Morgan fingerprint density at radius 2 is 1.79 bits per heavy atom. The summed E-state index contributed by atoms with van der Waals surface area (Å²) < 4.78 is 55.2. The van der Waals surface area contributed by atoms with Crippen molar-refractivity contribution in [1.29, 1.82) is 0 Å². The minimum absolute atomic E-state index is 0.0970. The number of nitrogens with one attached hydrogen (secondary N) is 2. The highest BCUT2D eigenvalue weighted by atomic mass is 32.2. The first-order chi connectivity index (χ1) is 15.7. The smallest absolute Gasteiger partial charge is 0.384 e. The van der Waals surface area contributed by atoms with E-state index in [9.17, 15) is 26.9 Å². The first-order valence-electron chi connectivity index (χ1n) is 9.97. The molecule has 0 aromatic heterocycles. The first-order valence-corrected chi connectivity index (χ1v) is 12.6. The van der Waals surface area contributed by atoms with E-state index in [2.05, 4.69) is 16.3 Å². The lowest BCUT2D eigenvalue weighted by molar-refractivity contribution is 0.0985. The van der Waals surface area contributed by atoms with Crippen molar-refractivity contribution in [2.24, 2.45) is 0 Å². The number of carbonyl (C=O) groups excluding carboxylic acids is 1. The van der Waals surface area contributed by atoms with Crippen LogP contribution in [0, 0.1) is 12.3 Å². The van der Waals surface area contributed by atoms with Gasteiger partial charge in [-0.25, -0.2) is 9.13 Å². The molecule has 3 aromatic rings. The molecule has 0 fully saturated rings. The minimum Gasteiger partial charge on any atom is -0.384 e. The second-order valence-electron chi connectivity index (χ2n) is 7.11. The quantitative estimate of drug-likeness (QED) is 0.171. The van der Waals surface area contributed by atoms with Crippen LogP contribution >= 0.6 is 7.83 Å². The Morgan fingerprint density at radius 3 is 2.42 bits per heavy atom. The van der Waals surface area contributed by atoms with Gasteiger partial charge in [-0.3, -0.25) is 14.4 Å². The molecule has 8 nitrogen and oxygen atoms in total. The van der Waals surface area contributed by atoms with E-state index in [4.69, 9.17) is 6.42 Å². The molecule has 0 atom stereocenters. The predicted octanol–water partition coefficient (Wildman–Crippen LogP) is 4.81. The Bertz CT molecular complexity index is 1450. The number of ketones is 1. The van der Waals surface area contributed by atoms with Gasteiger partial charge in [0.1, 0.15) is 4.90 Å². The molecular weight excluding hydrogens is 463 g/mol. The van der Waals surface area contributed by atoms with Gasteiger partial charge in [0.25, 0.3) is 10.1 Å². The van der Waals surface area contributed by atoms with E-state index in [1.54, 1.807) is 37.3 Å². The van der Waals surface area contributed by atoms with Gasteiger partial charge in [-0.15, -0.1) is 6.42 Å².